The average Bonchev–Trinajstić information content (AvgIpc) is 3.58. The zero-order valence-corrected chi connectivity index (χ0v) is 34.6. The summed E-state index contributed by atoms with van der Waals surface area (Å²) in [6, 6.07) is 1.02. The Labute approximate surface area is 254 Å². The van der Waals surface area contributed by atoms with E-state index in [1.807, 2.05) is 0 Å². The maximum atomic E-state index is 6.45. The van der Waals surface area contributed by atoms with Gasteiger partial charge in [-0.2, -0.15) is 0 Å². The highest BCUT2D eigenvalue weighted by molar-refractivity contribution is 6.87. The minimum absolute atomic E-state index is 0.357. The second kappa shape index (κ2) is 18.5. The summed E-state index contributed by atoms with van der Waals surface area (Å²) < 4.78 is 45.4. The number of hydrogen-bond acceptors (Lipinski definition) is 8. The van der Waals surface area contributed by atoms with E-state index in [0.29, 0.717) is 18.8 Å². The maximum absolute atomic E-state index is 6.45. The molecule has 0 N–H and O–H groups in total. The summed E-state index contributed by atoms with van der Waals surface area (Å²) in [7, 11) is -9.26. The lowest BCUT2D eigenvalue weighted by molar-refractivity contribution is 0.116. The molecule has 0 aliphatic carbocycles. The number of rotatable bonds is 18. The molecule has 40 heavy (non-hydrogen) atoms. The first-order valence-electron chi connectivity index (χ1n) is 14.8. The fourth-order valence-corrected chi connectivity index (χ4v) is 24.9. The Morgan fingerprint density at radius 1 is 0.700 bits per heavy atom. The molecule has 2 rings (SSSR count). The average molecular weight is 673 g/mol. The third kappa shape index (κ3) is 30.2. The van der Waals surface area contributed by atoms with Crippen LogP contribution in [-0.4, -0.2) is 103 Å². The second-order valence-electron chi connectivity index (χ2n) is 14.5. The summed E-state index contributed by atoms with van der Waals surface area (Å²) >= 11 is 0. The number of hydrogen-bond donors (Lipinski definition) is 0. The summed E-state index contributed by atoms with van der Waals surface area (Å²) in [5.74, 6) is 0. The predicted octanol–water partition coefficient (Wildman–Crippen LogP) is 6.69. The molecule has 0 radical (unpaired) electrons. The van der Waals surface area contributed by atoms with Crippen molar-refractivity contribution in [1.82, 2.24) is 0 Å². The summed E-state index contributed by atoms with van der Waals surface area (Å²) in [5.41, 5.74) is 0. The van der Waals surface area contributed by atoms with Gasteiger partial charge in [0.2, 0.25) is 0 Å². The van der Waals surface area contributed by atoms with Gasteiger partial charge in [-0.3, -0.25) is 0 Å². The van der Waals surface area contributed by atoms with Gasteiger partial charge in [0.1, 0.15) is 12.2 Å². The van der Waals surface area contributed by atoms with Gasteiger partial charge in [0, 0.05) is 6.61 Å². The first-order chi connectivity index (χ1) is 18.0. The van der Waals surface area contributed by atoms with Crippen molar-refractivity contribution in [2.75, 3.05) is 39.6 Å². The van der Waals surface area contributed by atoms with Crippen molar-refractivity contribution in [3.8, 4) is 0 Å². The van der Waals surface area contributed by atoms with E-state index in [1.54, 1.807) is 6.08 Å². The van der Waals surface area contributed by atoms with Crippen molar-refractivity contribution in [3.05, 3.63) is 12.7 Å². The molecule has 0 bridgehead atoms. The van der Waals surface area contributed by atoms with Crippen LogP contribution in [0.1, 0.15) is 6.42 Å². The zero-order chi connectivity index (χ0) is 31.3. The number of epoxide rings is 2. The van der Waals surface area contributed by atoms with Gasteiger partial charge in [-0.05, 0) is 104 Å². The molecule has 2 atom stereocenters. The molecule has 2 aliphatic heterocycles. The van der Waals surface area contributed by atoms with E-state index < -0.39 is 51.1 Å². The SMILES string of the molecule is C=CCOCC1CO1.C[SiH](O[Si](C)(C)C)O[Si](C)(C)C.C[Si](C)(C)O[Si](C)(CCCOCC1CO1)O[Si](C)(C)C. The molecular weight excluding hydrogens is 609 g/mol. The van der Waals surface area contributed by atoms with E-state index >= 15 is 0 Å². The molecule has 0 aromatic rings. The van der Waals surface area contributed by atoms with E-state index in [-0.39, 0.29) is 0 Å². The lowest BCUT2D eigenvalue weighted by atomic mass is 10.5. The Hall–Kier alpha value is 0.721. The van der Waals surface area contributed by atoms with Crippen molar-refractivity contribution in [2.45, 2.75) is 116 Å². The minimum Gasteiger partial charge on any atom is -0.439 e. The van der Waals surface area contributed by atoms with E-state index in [9.17, 15) is 0 Å². The summed E-state index contributed by atoms with van der Waals surface area (Å²) in [6.45, 7) is 39.2. The largest absolute Gasteiger partial charge is 0.439 e. The van der Waals surface area contributed by atoms with Crippen LogP contribution in [0.4, 0.5) is 0 Å². The van der Waals surface area contributed by atoms with Crippen LogP contribution in [0.5, 0.6) is 0 Å². The standard InChI is InChI=1S/C13H32O4Si3.C7H22O2Si3.C6H10O2/c1-18(2,3)16-20(7,17-19(4,5)6)10-8-9-14-11-13-12-15-13;1-10(8-11(2,3)4)9-12(5,6)7;1-2-3-7-4-6-5-8-6/h13H,8-12H2,1-7H3;10H,1-7H3;2,6H,1,3-5H2. The molecule has 2 heterocycles. The fraction of sp³-hybridized carbons (Fsp3) is 0.923. The summed E-state index contributed by atoms with van der Waals surface area (Å²) in [4.78, 5) is 0. The molecule has 0 amide bonds. The molecule has 0 aromatic carbocycles. The lowest BCUT2D eigenvalue weighted by Gasteiger charge is -2.38. The van der Waals surface area contributed by atoms with Gasteiger partial charge in [0.05, 0.1) is 33.0 Å². The third-order valence-electron chi connectivity index (χ3n) is 4.65. The normalized spacial score (nSPS) is 19.4. The highest BCUT2D eigenvalue weighted by atomic mass is 28.5. The second-order valence-corrected chi connectivity index (χ2v) is 38.8. The van der Waals surface area contributed by atoms with Crippen molar-refractivity contribution in [2.24, 2.45) is 0 Å². The number of ether oxygens (including phenoxy) is 4. The molecule has 2 saturated heterocycles. The van der Waals surface area contributed by atoms with Crippen LogP contribution in [0.2, 0.25) is 97.7 Å². The van der Waals surface area contributed by atoms with Crippen LogP contribution in [0.15, 0.2) is 12.7 Å². The summed E-state index contributed by atoms with van der Waals surface area (Å²) in [5, 5.41) is 0. The first kappa shape index (κ1) is 40.7. The molecule has 2 aliphatic rings. The van der Waals surface area contributed by atoms with Crippen LogP contribution in [0.25, 0.3) is 0 Å². The molecule has 0 saturated carbocycles. The monoisotopic (exact) mass is 672 g/mol. The van der Waals surface area contributed by atoms with Gasteiger partial charge in [-0.15, -0.1) is 6.58 Å². The Morgan fingerprint density at radius 3 is 1.43 bits per heavy atom. The molecule has 0 aromatic heterocycles. The van der Waals surface area contributed by atoms with Crippen molar-refractivity contribution < 1.29 is 35.4 Å². The minimum atomic E-state index is -2.07. The molecule has 240 valence electrons. The Balaban J connectivity index is 0.000000641. The molecule has 14 heteroatoms. The van der Waals surface area contributed by atoms with Crippen molar-refractivity contribution >= 4 is 51.1 Å². The van der Waals surface area contributed by atoms with Gasteiger partial charge < -0.3 is 35.4 Å². The van der Waals surface area contributed by atoms with Gasteiger partial charge in [0.25, 0.3) is 9.28 Å². The van der Waals surface area contributed by atoms with Gasteiger partial charge >= 0.3 is 8.56 Å². The first-order valence-corrected chi connectivity index (χ1v) is 33.0. The van der Waals surface area contributed by atoms with E-state index in [4.69, 9.17) is 35.4 Å². The third-order valence-corrected chi connectivity index (χ3v) is 22.6. The Morgan fingerprint density at radius 2 is 1.10 bits per heavy atom. The van der Waals surface area contributed by atoms with E-state index in [0.717, 1.165) is 45.5 Å². The molecular formula is C26H64O8Si6. The fourth-order valence-electron chi connectivity index (χ4n) is 3.76. The zero-order valence-electron chi connectivity index (χ0n) is 28.4. The van der Waals surface area contributed by atoms with E-state index in [1.165, 1.54) is 0 Å². The molecule has 2 unspecified atom stereocenters. The summed E-state index contributed by atoms with van der Waals surface area (Å²) in [6.07, 6.45) is 3.50. The van der Waals surface area contributed by atoms with Crippen LogP contribution >= 0.6 is 0 Å². The van der Waals surface area contributed by atoms with Crippen LogP contribution in [-0.2, 0) is 35.4 Å². The smallest absolute Gasteiger partial charge is 0.314 e. The topological polar surface area (TPSA) is 80.4 Å². The maximum Gasteiger partial charge on any atom is 0.314 e. The predicted molar refractivity (Wildman–Crippen MR) is 183 cm³/mol. The van der Waals surface area contributed by atoms with Crippen LogP contribution < -0.4 is 0 Å². The van der Waals surface area contributed by atoms with Gasteiger partial charge in [-0.1, -0.05) is 6.08 Å². The highest BCUT2D eigenvalue weighted by Crippen LogP contribution is 2.25. The van der Waals surface area contributed by atoms with Crippen LogP contribution in [0, 0.1) is 0 Å². The van der Waals surface area contributed by atoms with Gasteiger partial charge in [-0.25, -0.2) is 0 Å². The highest BCUT2D eigenvalue weighted by Gasteiger charge is 2.39. The van der Waals surface area contributed by atoms with E-state index in [2.05, 4.69) is 98.2 Å². The Bertz CT molecular complexity index is 649. The molecule has 2 fully saturated rings. The quantitative estimate of drug-likeness (QED) is 0.0690. The van der Waals surface area contributed by atoms with Crippen molar-refractivity contribution in [3.63, 3.8) is 0 Å². The van der Waals surface area contributed by atoms with Crippen molar-refractivity contribution in [1.29, 1.82) is 0 Å². The molecule has 0 spiro atoms. The Kier molecular flexibility index (Phi) is 18.8. The molecule has 8 nitrogen and oxygen atoms in total. The van der Waals surface area contributed by atoms with Crippen LogP contribution in [0.3, 0.4) is 0 Å². The van der Waals surface area contributed by atoms with Gasteiger partial charge in [0.15, 0.2) is 33.3 Å². The lowest BCUT2D eigenvalue weighted by Crippen LogP contribution is -2.52.